The van der Waals surface area contributed by atoms with E-state index in [-0.39, 0.29) is 12.2 Å². The third-order valence-electron chi connectivity index (χ3n) is 2.17. The van der Waals surface area contributed by atoms with Crippen LogP contribution in [0.5, 0.6) is 0 Å². The fourth-order valence-corrected chi connectivity index (χ4v) is 1.06. The van der Waals surface area contributed by atoms with Gasteiger partial charge in [0.05, 0.1) is 0 Å². The van der Waals surface area contributed by atoms with Crippen LogP contribution in [0.4, 0.5) is 4.79 Å². The molecule has 0 saturated heterocycles. The summed E-state index contributed by atoms with van der Waals surface area (Å²) in [6.07, 6.45) is -0.212. The summed E-state index contributed by atoms with van der Waals surface area (Å²) in [5.74, 6) is -1.42. The highest BCUT2D eigenvalue weighted by molar-refractivity contribution is 5.91. The summed E-state index contributed by atoms with van der Waals surface area (Å²) in [6, 6.07) is -1.77. The molecule has 0 spiro atoms. The Balaban J connectivity index is 4.51. The molecule has 1 unspecified atom stereocenters. The molecule has 1 atom stereocenters. The summed E-state index contributed by atoms with van der Waals surface area (Å²) in [6.45, 7) is 7.24. The molecule has 0 radical (unpaired) electrons. The van der Waals surface area contributed by atoms with Crippen LogP contribution in [0.1, 0.15) is 34.1 Å². The van der Waals surface area contributed by atoms with Gasteiger partial charge in [-0.25, -0.2) is 9.59 Å². The minimum absolute atomic E-state index is 0.207. The predicted molar refractivity (Wildman–Crippen MR) is 62.7 cm³/mol. The molecule has 0 aliphatic rings. The first-order valence-electron chi connectivity index (χ1n) is 5.49. The van der Waals surface area contributed by atoms with Crippen molar-refractivity contribution in [2.75, 3.05) is 6.54 Å². The van der Waals surface area contributed by atoms with Crippen molar-refractivity contribution in [3.05, 3.63) is 0 Å². The maximum Gasteiger partial charge on any atom is 0.326 e. The van der Waals surface area contributed by atoms with E-state index in [1.807, 2.05) is 0 Å². The van der Waals surface area contributed by atoms with Gasteiger partial charge in [-0.2, -0.15) is 0 Å². The van der Waals surface area contributed by atoms with Gasteiger partial charge in [0.1, 0.15) is 11.8 Å². The number of Topliss-reactive ketones (excluding diaryl/α,β-unsaturated/α-hetero) is 1. The number of rotatable bonds is 5. The maximum absolute atomic E-state index is 11.7. The molecule has 3 N–H and O–H groups in total. The Morgan fingerprint density at radius 3 is 2.12 bits per heavy atom. The van der Waals surface area contributed by atoms with Crippen LogP contribution in [-0.4, -0.2) is 35.5 Å². The highest BCUT2D eigenvalue weighted by atomic mass is 16.4. The first kappa shape index (κ1) is 15.4. The highest BCUT2D eigenvalue weighted by Gasteiger charge is 2.29. The number of ketones is 1. The highest BCUT2D eigenvalue weighted by Crippen LogP contribution is 2.17. The third-order valence-corrected chi connectivity index (χ3v) is 2.17. The number of carboxylic acid groups (broad SMARTS) is 1. The van der Waals surface area contributed by atoms with Crippen molar-refractivity contribution in [2.45, 2.75) is 40.2 Å². The molecule has 0 aromatic rings. The summed E-state index contributed by atoms with van der Waals surface area (Å²) in [5.41, 5.74) is -0.614. The Kier molecular flexibility index (Phi) is 5.64. The van der Waals surface area contributed by atoms with Crippen molar-refractivity contribution < 1.29 is 19.5 Å². The summed E-state index contributed by atoms with van der Waals surface area (Å²) >= 11 is 0. The Bertz CT molecular complexity index is 307. The van der Waals surface area contributed by atoms with E-state index >= 15 is 0 Å². The van der Waals surface area contributed by atoms with Gasteiger partial charge in [0.2, 0.25) is 0 Å². The van der Waals surface area contributed by atoms with Crippen molar-refractivity contribution in [2.24, 2.45) is 5.41 Å². The van der Waals surface area contributed by atoms with Crippen LogP contribution in [0.3, 0.4) is 0 Å². The van der Waals surface area contributed by atoms with Crippen LogP contribution >= 0.6 is 0 Å². The fourth-order valence-electron chi connectivity index (χ4n) is 1.06. The summed E-state index contributed by atoms with van der Waals surface area (Å²) in [4.78, 5) is 33.8. The first-order valence-corrected chi connectivity index (χ1v) is 5.49. The number of aliphatic carboxylic acids is 1. The van der Waals surface area contributed by atoms with Gasteiger partial charge in [-0.3, -0.25) is 4.79 Å². The van der Waals surface area contributed by atoms with Gasteiger partial charge in [-0.1, -0.05) is 20.8 Å². The lowest BCUT2D eigenvalue weighted by Crippen LogP contribution is -2.47. The van der Waals surface area contributed by atoms with Crippen LogP contribution < -0.4 is 10.6 Å². The van der Waals surface area contributed by atoms with Crippen molar-refractivity contribution in [1.82, 2.24) is 10.6 Å². The quantitative estimate of drug-likeness (QED) is 0.665. The molecule has 2 amide bonds. The molecular formula is C11H20N2O4. The number of nitrogens with one attached hydrogen (secondary N) is 2. The van der Waals surface area contributed by atoms with Gasteiger partial charge in [-0.05, 0) is 6.92 Å². The van der Waals surface area contributed by atoms with Crippen molar-refractivity contribution in [3.8, 4) is 0 Å². The molecular weight excluding hydrogens is 224 g/mol. The van der Waals surface area contributed by atoms with Gasteiger partial charge in [0.15, 0.2) is 0 Å². The number of carbonyl (C=O) groups is 3. The average Bonchev–Trinajstić information content (AvgIpc) is 2.15. The molecule has 0 aliphatic carbocycles. The van der Waals surface area contributed by atoms with Crippen LogP contribution in [0.25, 0.3) is 0 Å². The van der Waals surface area contributed by atoms with E-state index in [0.29, 0.717) is 6.54 Å². The SMILES string of the molecule is CCNC(=O)NC(CC(=O)C(C)(C)C)C(=O)O. The van der Waals surface area contributed by atoms with Crippen LogP contribution in [0.2, 0.25) is 0 Å². The topological polar surface area (TPSA) is 95.5 Å². The summed E-state index contributed by atoms with van der Waals surface area (Å²) < 4.78 is 0. The molecule has 17 heavy (non-hydrogen) atoms. The molecule has 6 nitrogen and oxygen atoms in total. The monoisotopic (exact) mass is 244 g/mol. The van der Waals surface area contributed by atoms with E-state index in [1.54, 1.807) is 27.7 Å². The molecule has 0 heterocycles. The van der Waals surface area contributed by atoms with Gasteiger partial charge in [0.25, 0.3) is 0 Å². The summed E-state index contributed by atoms with van der Waals surface area (Å²) in [5, 5.41) is 13.6. The maximum atomic E-state index is 11.7. The second-order valence-electron chi connectivity index (χ2n) is 4.77. The molecule has 0 aromatic carbocycles. The molecule has 0 saturated carbocycles. The van der Waals surface area contributed by atoms with Crippen LogP contribution in [-0.2, 0) is 9.59 Å². The molecule has 0 aromatic heterocycles. The van der Waals surface area contributed by atoms with Crippen LogP contribution in [0, 0.1) is 5.41 Å². The zero-order chi connectivity index (χ0) is 13.6. The first-order chi connectivity index (χ1) is 7.68. The second kappa shape index (κ2) is 6.22. The molecule has 98 valence electrons. The second-order valence-corrected chi connectivity index (χ2v) is 4.77. The predicted octanol–water partition coefficient (Wildman–Crippen LogP) is 0.764. The molecule has 0 rings (SSSR count). The van der Waals surface area contributed by atoms with Crippen LogP contribution in [0.15, 0.2) is 0 Å². The van der Waals surface area contributed by atoms with Crippen molar-refractivity contribution in [3.63, 3.8) is 0 Å². The lowest BCUT2D eigenvalue weighted by molar-refractivity contribution is -0.142. The number of carboxylic acids is 1. The van der Waals surface area contributed by atoms with E-state index in [2.05, 4.69) is 10.6 Å². The third kappa shape index (κ3) is 5.89. The fraction of sp³-hybridized carbons (Fsp3) is 0.727. The number of hydrogen-bond donors (Lipinski definition) is 3. The van der Waals surface area contributed by atoms with Gasteiger partial charge in [0, 0.05) is 18.4 Å². The Morgan fingerprint density at radius 2 is 1.76 bits per heavy atom. The minimum atomic E-state index is -1.21. The number of carbonyl (C=O) groups excluding carboxylic acids is 2. The Hall–Kier alpha value is -1.59. The van der Waals surface area contributed by atoms with E-state index in [4.69, 9.17) is 5.11 Å². The van der Waals surface area contributed by atoms with Gasteiger partial charge >= 0.3 is 12.0 Å². The van der Waals surface area contributed by atoms with E-state index in [0.717, 1.165) is 0 Å². The molecule has 0 bridgehead atoms. The zero-order valence-electron chi connectivity index (χ0n) is 10.7. The lowest BCUT2D eigenvalue weighted by atomic mass is 9.87. The van der Waals surface area contributed by atoms with Gasteiger partial charge in [-0.15, -0.1) is 0 Å². The van der Waals surface area contributed by atoms with Crippen molar-refractivity contribution >= 4 is 17.8 Å². The molecule has 0 fully saturated rings. The number of urea groups is 1. The summed E-state index contributed by atoms with van der Waals surface area (Å²) in [7, 11) is 0. The van der Waals surface area contributed by atoms with Gasteiger partial charge < -0.3 is 15.7 Å². The minimum Gasteiger partial charge on any atom is -0.480 e. The van der Waals surface area contributed by atoms with E-state index in [1.165, 1.54) is 0 Å². The van der Waals surface area contributed by atoms with E-state index in [9.17, 15) is 14.4 Å². The standard InChI is InChI=1S/C11H20N2O4/c1-5-12-10(17)13-7(9(15)16)6-8(14)11(2,3)4/h7H,5-6H2,1-4H3,(H,15,16)(H2,12,13,17). The van der Waals surface area contributed by atoms with Crippen molar-refractivity contribution in [1.29, 1.82) is 0 Å². The normalized spacial score (nSPS) is 12.7. The zero-order valence-corrected chi connectivity index (χ0v) is 10.7. The average molecular weight is 244 g/mol. The number of amides is 2. The Morgan fingerprint density at radius 1 is 1.24 bits per heavy atom. The largest absolute Gasteiger partial charge is 0.480 e. The molecule has 6 heteroatoms. The Labute approximate surface area is 101 Å². The smallest absolute Gasteiger partial charge is 0.326 e. The number of hydrogen-bond acceptors (Lipinski definition) is 3. The lowest BCUT2D eigenvalue weighted by Gasteiger charge is -2.20. The van der Waals surface area contributed by atoms with E-state index < -0.39 is 23.5 Å². The molecule has 0 aliphatic heterocycles.